The molecule has 8 aromatic carbocycles. The van der Waals surface area contributed by atoms with Gasteiger partial charge >= 0.3 is 0 Å². The molecule has 0 saturated heterocycles. The van der Waals surface area contributed by atoms with E-state index in [1.807, 2.05) is 72.8 Å². The summed E-state index contributed by atoms with van der Waals surface area (Å²) in [5.41, 5.74) is 6.71. The summed E-state index contributed by atoms with van der Waals surface area (Å²) in [5.74, 6) is 1.90. The van der Waals surface area contributed by atoms with Crippen molar-refractivity contribution in [2.75, 3.05) is 0 Å². The largest absolute Gasteiger partial charge is 0.456 e. The van der Waals surface area contributed by atoms with E-state index in [0.717, 1.165) is 65.9 Å². The summed E-state index contributed by atoms with van der Waals surface area (Å²) in [6, 6.07) is 56.9. The molecule has 0 fully saturated rings. The van der Waals surface area contributed by atoms with Gasteiger partial charge in [0.15, 0.2) is 17.5 Å². The zero-order chi connectivity index (χ0) is 32.3. The van der Waals surface area contributed by atoms with Gasteiger partial charge in [-0.05, 0) is 68.4 Å². The van der Waals surface area contributed by atoms with Crippen LogP contribution in [0.1, 0.15) is 0 Å². The lowest BCUT2D eigenvalue weighted by Crippen LogP contribution is -2.01. The van der Waals surface area contributed by atoms with Gasteiger partial charge in [-0.1, -0.05) is 133 Å². The van der Waals surface area contributed by atoms with Crippen molar-refractivity contribution in [2.24, 2.45) is 0 Å². The Bertz CT molecular complexity index is 2820. The minimum Gasteiger partial charge on any atom is -0.456 e. The van der Waals surface area contributed by atoms with E-state index in [-0.39, 0.29) is 0 Å². The minimum atomic E-state index is 0.629. The predicted octanol–water partition coefficient (Wildman–Crippen LogP) is 11.9. The first-order valence-electron chi connectivity index (χ1n) is 16.4. The number of hydrogen-bond donors (Lipinski definition) is 0. The maximum Gasteiger partial charge on any atom is 0.164 e. The summed E-state index contributed by atoms with van der Waals surface area (Å²) in [5, 5.41) is 9.25. The highest BCUT2D eigenvalue weighted by atomic mass is 16.3. The number of benzene rings is 8. The molecule has 0 aliphatic rings. The van der Waals surface area contributed by atoms with Crippen molar-refractivity contribution >= 4 is 54.3 Å². The lowest BCUT2D eigenvalue weighted by atomic mass is 9.88. The smallest absolute Gasteiger partial charge is 0.164 e. The van der Waals surface area contributed by atoms with Gasteiger partial charge in [-0.2, -0.15) is 0 Å². The Morgan fingerprint density at radius 3 is 1.49 bits per heavy atom. The fourth-order valence-corrected chi connectivity index (χ4v) is 7.21. The molecule has 4 nitrogen and oxygen atoms in total. The normalized spacial score (nSPS) is 11.7. The molecule has 10 rings (SSSR count). The van der Waals surface area contributed by atoms with Gasteiger partial charge in [-0.15, -0.1) is 0 Å². The van der Waals surface area contributed by atoms with Crippen molar-refractivity contribution in [3.63, 3.8) is 0 Å². The van der Waals surface area contributed by atoms with Crippen LogP contribution in [0, 0.1) is 0 Å². The van der Waals surface area contributed by atoms with Crippen molar-refractivity contribution < 1.29 is 4.42 Å². The Labute approximate surface area is 282 Å². The monoisotopic (exact) mass is 625 g/mol. The molecule has 4 heteroatoms. The van der Waals surface area contributed by atoms with Crippen LogP contribution in [0.25, 0.3) is 99.5 Å². The Hall–Kier alpha value is -6.65. The van der Waals surface area contributed by atoms with Gasteiger partial charge in [0, 0.05) is 32.8 Å². The summed E-state index contributed by atoms with van der Waals surface area (Å²) in [6.45, 7) is 0. The van der Waals surface area contributed by atoms with Crippen LogP contribution in [0.15, 0.2) is 168 Å². The fourth-order valence-electron chi connectivity index (χ4n) is 7.21. The van der Waals surface area contributed by atoms with E-state index >= 15 is 0 Å². The molecular formula is C45H27N3O. The molecule has 0 bridgehead atoms. The van der Waals surface area contributed by atoms with Gasteiger partial charge in [-0.25, -0.2) is 15.0 Å². The minimum absolute atomic E-state index is 0.629. The van der Waals surface area contributed by atoms with E-state index in [1.165, 1.54) is 16.2 Å². The third-order valence-electron chi connectivity index (χ3n) is 9.49. The molecule has 2 heterocycles. The van der Waals surface area contributed by atoms with Gasteiger partial charge in [0.05, 0.1) is 0 Å². The van der Waals surface area contributed by atoms with Crippen LogP contribution in [0.4, 0.5) is 0 Å². The van der Waals surface area contributed by atoms with Crippen LogP contribution in [-0.4, -0.2) is 15.0 Å². The number of fused-ring (bicyclic) bond motifs is 9. The standard InChI is InChI=1S/C45H27N3O/c1-3-13-28(14-4-1)43-46-44(29-15-5-2-6-16-29)48-45(47-43)39-26-31(30-23-24-36-35-20-11-12-22-40(35)49-41(36)27-30)25-38-34-19-8-7-17-32(34)33-18-9-10-21-37(33)42(38)39/h1-27H. The summed E-state index contributed by atoms with van der Waals surface area (Å²) in [4.78, 5) is 15.4. The summed E-state index contributed by atoms with van der Waals surface area (Å²) in [7, 11) is 0. The van der Waals surface area contributed by atoms with Crippen LogP contribution in [0.2, 0.25) is 0 Å². The second kappa shape index (κ2) is 11.0. The van der Waals surface area contributed by atoms with Gasteiger partial charge < -0.3 is 4.42 Å². The number of furan rings is 1. The Morgan fingerprint density at radius 2 is 0.816 bits per heavy atom. The number of nitrogens with zero attached hydrogens (tertiary/aromatic N) is 3. The van der Waals surface area contributed by atoms with Gasteiger partial charge in [-0.3, -0.25) is 0 Å². The molecular weight excluding hydrogens is 599 g/mol. The zero-order valence-corrected chi connectivity index (χ0v) is 26.3. The molecule has 0 atom stereocenters. The molecule has 0 unspecified atom stereocenters. The van der Waals surface area contributed by atoms with Crippen molar-refractivity contribution in [1.29, 1.82) is 0 Å². The topological polar surface area (TPSA) is 51.8 Å². The maximum absolute atomic E-state index is 6.34. The molecule has 2 aromatic heterocycles. The predicted molar refractivity (Wildman–Crippen MR) is 201 cm³/mol. The van der Waals surface area contributed by atoms with Crippen molar-refractivity contribution in [3.05, 3.63) is 164 Å². The molecule has 49 heavy (non-hydrogen) atoms. The van der Waals surface area contributed by atoms with Gasteiger partial charge in [0.1, 0.15) is 11.2 Å². The maximum atomic E-state index is 6.34. The molecule has 228 valence electrons. The van der Waals surface area contributed by atoms with E-state index < -0.39 is 0 Å². The lowest BCUT2D eigenvalue weighted by Gasteiger charge is -2.17. The quantitative estimate of drug-likeness (QED) is 0.183. The third-order valence-corrected chi connectivity index (χ3v) is 9.49. The van der Waals surface area contributed by atoms with Gasteiger partial charge in [0.25, 0.3) is 0 Å². The third kappa shape index (κ3) is 4.49. The van der Waals surface area contributed by atoms with E-state index in [9.17, 15) is 0 Å². The number of rotatable bonds is 4. The Kier molecular flexibility index (Phi) is 6.15. The second-order valence-corrected chi connectivity index (χ2v) is 12.4. The summed E-state index contributed by atoms with van der Waals surface area (Å²) < 4.78 is 6.34. The van der Waals surface area contributed by atoms with E-state index in [4.69, 9.17) is 19.4 Å². The van der Waals surface area contributed by atoms with Crippen LogP contribution >= 0.6 is 0 Å². The van der Waals surface area contributed by atoms with Crippen molar-refractivity contribution in [3.8, 4) is 45.3 Å². The first-order valence-corrected chi connectivity index (χ1v) is 16.4. The first kappa shape index (κ1) is 27.5. The van der Waals surface area contributed by atoms with Crippen LogP contribution in [-0.2, 0) is 0 Å². The molecule has 0 spiro atoms. The van der Waals surface area contributed by atoms with E-state index in [0.29, 0.717) is 17.5 Å². The number of para-hydroxylation sites is 1. The highest BCUT2D eigenvalue weighted by molar-refractivity contribution is 6.29. The summed E-state index contributed by atoms with van der Waals surface area (Å²) >= 11 is 0. The van der Waals surface area contributed by atoms with Crippen LogP contribution in [0.5, 0.6) is 0 Å². The molecule has 0 saturated carbocycles. The van der Waals surface area contributed by atoms with E-state index in [2.05, 4.69) is 91.0 Å². The summed E-state index contributed by atoms with van der Waals surface area (Å²) in [6.07, 6.45) is 0. The molecule has 0 aliphatic carbocycles. The van der Waals surface area contributed by atoms with Crippen molar-refractivity contribution in [2.45, 2.75) is 0 Å². The molecule has 0 N–H and O–H groups in total. The number of hydrogen-bond acceptors (Lipinski definition) is 4. The highest BCUT2D eigenvalue weighted by Crippen LogP contribution is 2.43. The zero-order valence-electron chi connectivity index (χ0n) is 26.3. The lowest BCUT2D eigenvalue weighted by molar-refractivity contribution is 0.669. The van der Waals surface area contributed by atoms with Crippen LogP contribution < -0.4 is 0 Å². The second-order valence-electron chi connectivity index (χ2n) is 12.4. The highest BCUT2D eigenvalue weighted by Gasteiger charge is 2.20. The fraction of sp³-hybridized carbons (Fsp3) is 0. The van der Waals surface area contributed by atoms with Gasteiger partial charge in [0.2, 0.25) is 0 Å². The SMILES string of the molecule is c1ccc(-c2nc(-c3ccccc3)nc(-c3cc(-c4ccc5c(c4)oc4ccccc45)cc4c5ccccc5c5ccccc5c34)n2)cc1. The molecule has 0 radical (unpaired) electrons. The molecule has 0 aliphatic heterocycles. The molecule has 10 aromatic rings. The van der Waals surface area contributed by atoms with E-state index in [1.54, 1.807) is 0 Å². The molecule has 0 amide bonds. The first-order chi connectivity index (χ1) is 24.3. The van der Waals surface area contributed by atoms with Crippen molar-refractivity contribution in [1.82, 2.24) is 15.0 Å². The average molecular weight is 626 g/mol. The van der Waals surface area contributed by atoms with Crippen LogP contribution in [0.3, 0.4) is 0 Å². The Morgan fingerprint density at radius 1 is 0.306 bits per heavy atom. The Balaban J connectivity index is 1.33. The average Bonchev–Trinajstić information content (AvgIpc) is 3.56. The number of aromatic nitrogens is 3.